The summed E-state index contributed by atoms with van der Waals surface area (Å²) >= 11 is 0. The van der Waals surface area contributed by atoms with Crippen molar-refractivity contribution < 1.29 is 9.84 Å². The first-order valence-electron chi connectivity index (χ1n) is 7.85. The summed E-state index contributed by atoms with van der Waals surface area (Å²) in [7, 11) is 0. The van der Waals surface area contributed by atoms with Gasteiger partial charge in [0.1, 0.15) is 5.69 Å². The summed E-state index contributed by atoms with van der Waals surface area (Å²) in [6.45, 7) is 6.65. The molecule has 3 rings (SSSR count). The van der Waals surface area contributed by atoms with Crippen LogP contribution >= 0.6 is 0 Å². The smallest absolute Gasteiger partial charge is 0.200 e. The van der Waals surface area contributed by atoms with Crippen LogP contribution in [-0.4, -0.2) is 73.1 Å². The lowest BCUT2D eigenvalue weighted by Crippen LogP contribution is -2.48. The Hall–Kier alpha value is -1.90. The topological polar surface area (TPSA) is 89.2 Å². The SMILES string of the molecule is CC1CN(CC(O)Cn2nnnc2-c2ccccn2)CC(C)O1. The fourth-order valence-electron chi connectivity index (χ4n) is 2.99. The molecule has 124 valence electrons. The maximum absolute atomic E-state index is 10.4. The van der Waals surface area contributed by atoms with E-state index in [1.165, 1.54) is 0 Å². The molecule has 23 heavy (non-hydrogen) atoms. The van der Waals surface area contributed by atoms with Gasteiger partial charge in [-0.25, -0.2) is 4.68 Å². The lowest BCUT2D eigenvalue weighted by molar-refractivity contribution is -0.0774. The summed E-state index contributed by atoms with van der Waals surface area (Å²) in [4.78, 5) is 6.47. The third-order valence-corrected chi connectivity index (χ3v) is 3.77. The molecule has 1 saturated heterocycles. The minimum atomic E-state index is -0.557. The van der Waals surface area contributed by atoms with Crippen LogP contribution in [0.3, 0.4) is 0 Å². The van der Waals surface area contributed by atoms with Gasteiger partial charge in [0.05, 0.1) is 24.9 Å². The summed E-state index contributed by atoms with van der Waals surface area (Å²) in [5, 5.41) is 22.1. The fourth-order valence-corrected chi connectivity index (χ4v) is 2.99. The molecule has 0 aliphatic carbocycles. The van der Waals surface area contributed by atoms with Gasteiger partial charge in [-0.3, -0.25) is 9.88 Å². The Labute approximate surface area is 135 Å². The molecule has 0 radical (unpaired) electrons. The van der Waals surface area contributed by atoms with Crippen molar-refractivity contribution in [1.82, 2.24) is 30.1 Å². The molecular weight excluding hydrogens is 296 g/mol. The van der Waals surface area contributed by atoms with Gasteiger partial charge in [-0.15, -0.1) is 5.10 Å². The highest BCUT2D eigenvalue weighted by Gasteiger charge is 2.24. The number of rotatable bonds is 5. The average molecular weight is 318 g/mol. The lowest BCUT2D eigenvalue weighted by atomic mass is 10.2. The van der Waals surface area contributed by atoms with Crippen LogP contribution in [0.2, 0.25) is 0 Å². The van der Waals surface area contributed by atoms with Crippen molar-refractivity contribution in [3.63, 3.8) is 0 Å². The largest absolute Gasteiger partial charge is 0.390 e. The van der Waals surface area contributed by atoms with Gasteiger partial charge in [0.25, 0.3) is 0 Å². The second-order valence-electron chi connectivity index (χ2n) is 6.03. The normalized spacial score (nSPS) is 23.8. The van der Waals surface area contributed by atoms with E-state index in [9.17, 15) is 5.11 Å². The lowest BCUT2D eigenvalue weighted by Gasteiger charge is -2.36. The number of hydrogen-bond donors (Lipinski definition) is 1. The molecule has 0 spiro atoms. The Kier molecular flexibility index (Phi) is 4.94. The number of aliphatic hydroxyl groups is 1. The van der Waals surface area contributed by atoms with Crippen molar-refractivity contribution in [3.8, 4) is 11.5 Å². The Morgan fingerprint density at radius 2 is 2.04 bits per heavy atom. The van der Waals surface area contributed by atoms with E-state index in [1.807, 2.05) is 18.2 Å². The molecule has 1 aliphatic rings. The maximum atomic E-state index is 10.4. The Balaban J connectivity index is 1.63. The van der Waals surface area contributed by atoms with Gasteiger partial charge < -0.3 is 9.84 Å². The van der Waals surface area contributed by atoms with Crippen LogP contribution in [0.5, 0.6) is 0 Å². The molecule has 0 bridgehead atoms. The summed E-state index contributed by atoms with van der Waals surface area (Å²) < 4.78 is 7.31. The van der Waals surface area contributed by atoms with Crippen LogP contribution in [0.1, 0.15) is 13.8 Å². The van der Waals surface area contributed by atoms with Crippen LogP contribution in [0.15, 0.2) is 24.4 Å². The molecule has 1 aliphatic heterocycles. The third-order valence-electron chi connectivity index (χ3n) is 3.77. The molecule has 3 heterocycles. The predicted octanol–water partition coefficient (Wildman–Crippen LogP) is 0.205. The molecule has 2 aromatic rings. The summed E-state index contributed by atoms with van der Waals surface area (Å²) in [5.41, 5.74) is 0.693. The highest BCUT2D eigenvalue weighted by atomic mass is 16.5. The number of nitrogens with zero attached hydrogens (tertiary/aromatic N) is 6. The van der Waals surface area contributed by atoms with Gasteiger partial charge in [-0.2, -0.15) is 0 Å². The number of hydrogen-bond acceptors (Lipinski definition) is 7. The summed E-state index contributed by atoms with van der Waals surface area (Å²) in [6, 6.07) is 5.57. The predicted molar refractivity (Wildman–Crippen MR) is 83.5 cm³/mol. The van der Waals surface area contributed by atoms with Gasteiger partial charge >= 0.3 is 0 Å². The zero-order chi connectivity index (χ0) is 16.2. The van der Waals surface area contributed by atoms with E-state index < -0.39 is 6.10 Å². The maximum Gasteiger partial charge on any atom is 0.200 e. The Bertz CT molecular complexity index is 609. The Morgan fingerprint density at radius 3 is 2.74 bits per heavy atom. The molecule has 0 amide bonds. The summed E-state index contributed by atoms with van der Waals surface area (Å²) in [6.07, 6.45) is 1.51. The first kappa shape index (κ1) is 16.0. The molecule has 3 unspecified atom stereocenters. The number of β-amino-alcohol motifs (C(OH)–C–C–N with tert-alkyl or cyclic N) is 1. The first-order chi connectivity index (χ1) is 11.1. The zero-order valence-corrected chi connectivity index (χ0v) is 13.4. The third kappa shape index (κ3) is 4.10. The number of aliphatic hydroxyl groups excluding tert-OH is 1. The summed E-state index contributed by atoms with van der Waals surface area (Å²) in [5.74, 6) is 0.563. The standard InChI is InChI=1S/C15H22N6O2/c1-11-7-20(8-12(2)23-11)9-13(22)10-21-15(17-18-19-21)14-5-3-4-6-16-14/h3-6,11-13,22H,7-10H2,1-2H3. The molecular formula is C15H22N6O2. The molecule has 0 aromatic carbocycles. The second kappa shape index (κ2) is 7.12. The van der Waals surface area contributed by atoms with Crippen LogP contribution in [0.4, 0.5) is 0 Å². The molecule has 2 aromatic heterocycles. The second-order valence-corrected chi connectivity index (χ2v) is 6.03. The number of aromatic nitrogens is 5. The number of tetrazole rings is 1. The molecule has 1 fully saturated rings. The number of pyridine rings is 1. The van der Waals surface area contributed by atoms with Gasteiger partial charge in [0.15, 0.2) is 0 Å². The molecule has 8 heteroatoms. The van der Waals surface area contributed by atoms with Crippen LogP contribution < -0.4 is 0 Å². The molecule has 1 N–H and O–H groups in total. The monoisotopic (exact) mass is 318 g/mol. The first-order valence-corrected chi connectivity index (χ1v) is 7.85. The van der Waals surface area contributed by atoms with E-state index in [0.29, 0.717) is 24.6 Å². The zero-order valence-electron chi connectivity index (χ0n) is 13.4. The van der Waals surface area contributed by atoms with E-state index in [4.69, 9.17) is 4.74 Å². The van der Waals surface area contributed by atoms with Gasteiger partial charge in [-0.1, -0.05) is 6.07 Å². The highest BCUT2D eigenvalue weighted by Crippen LogP contribution is 2.14. The van der Waals surface area contributed by atoms with Gasteiger partial charge in [0.2, 0.25) is 5.82 Å². The van der Waals surface area contributed by atoms with E-state index in [0.717, 1.165) is 13.1 Å². The quantitative estimate of drug-likeness (QED) is 0.842. The molecule has 8 nitrogen and oxygen atoms in total. The van der Waals surface area contributed by atoms with E-state index >= 15 is 0 Å². The van der Waals surface area contributed by atoms with Crippen molar-refractivity contribution in [2.75, 3.05) is 19.6 Å². The number of morpholine rings is 1. The minimum absolute atomic E-state index is 0.183. The van der Waals surface area contributed by atoms with Crippen molar-refractivity contribution in [3.05, 3.63) is 24.4 Å². The van der Waals surface area contributed by atoms with Crippen LogP contribution in [0.25, 0.3) is 11.5 Å². The molecule has 0 saturated carbocycles. The van der Waals surface area contributed by atoms with E-state index in [1.54, 1.807) is 10.9 Å². The fraction of sp³-hybridized carbons (Fsp3) is 0.600. The van der Waals surface area contributed by atoms with E-state index in [-0.39, 0.29) is 12.2 Å². The Morgan fingerprint density at radius 1 is 1.26 bits per heavy atom. The van der Waals surface area contributed by atoms with Crippen molar-refractivity contribution in [2.24, 2.45) is 0 Å². The molecule has 3 atom stereocenters. The van der Waals surface area contributed by atoms with Crippen LogP contribution in [0, 0.1) is 0 Å². The van der Waals surface area contributed by atoms with Gasteiger partial charge in [-0.05, 0) is 36.4 Å². The van der Waals surface area contributed by atoms with Crippen molar-refractivity contribution in [1.29, 1.82) is 0 Å². The number of ether oxygens (including phenoxy) is 1. The van der Waals surface area contributed by atoms with Crippen molar-refractivity contribution in [2.45, 2.75) is 38.7 Å². The highest BCUT2D eigenvalue weighted by molar-refractivity contribution is 5.47. The van der Waals surface area contributed by atoms with Crippen molar-refractivity contribution >= 4 is 0 Å². The van der Waals surface area contributed by atoms with E-state index in [2.05, 4.69) is 39.3 Å². The van der Waals surface area contributed by atoms with Crippen LogP contribution in [-0.2, 0) is 11.3 Å². The minimum Gasteiger partial charge on any atom is -0.390 e. The van der Waals surface area contributed by atoms with Gasteiger partial charge in [0, 0.05) is 25.8 Å². The average Bonchev–Trinajstić information content (AvgIpc) is 2.95.